The number of aromatic nitrogens is 3. The van der Waals surface area contributed by atoms with Gasteiger partial charge in [-0.05, 0) is 43.9 Å². The molecule has 4 nitrogen and oxygen atoms in total. The third-order valence-electron chi connectivity index (χ3n) is 4.50. The van der Waals surface area contributed by atoms with Crippen LogP contribution in [0, 0.1) is 0 Å². The van der Waals surface area contributed by atoms with Gasteiger partial charge in [-0.3, -0.25) is 4.98 Å². The van der Waals surface area contributed by atoms with Crippen molar-refractivity contribution < 1.29 is 4.74 Å². The molecule has 1 fully saturated rings. The summed E-state index contributed by atoms with van der Waals surface area (Å²) in [6.07, 6.45) is 8.21. The highest BCUT2D eigenvalue weighted by molar-refractivity contribution is 6.30. The molecule has 1 saturated heterocycles. The number of hydrogen-bond donors (Lipinski definition) is 0. The van der Waals surface area contributed by atoms with E-state index >= 15 is 0 Å². The highest BCUT2D eigenvalue weighted by Gasteiger charge is 2.17. The van der Waals surface area contributed by atoms with Crippen LogP contribution in [0.3, 0.4) is 0 Å². The molecule has 3 aromatic rings. The van der Waals surface area contributed by atoms with Gasteiger partial charge < -0.3 is 4.74 Å². The second-order valence-electron chi connectivity index (χ2n) is 6.10. The lowest BCUT2D eigenvalue weighted by Gasteiger charge is -2.11. The van der Waals surface area contributed by atoms with Gasteiger partial charge in [0.05, 0.1) is 11.8 Å². The van der Waals surface area contributed by atoms with Crippen molar-refractivity contribution in [2.75, 3.05) is 6.61 Å². The van der Waals surface area contributed by atoms with E-state index in [1.807, 2.05) is 42.7 Å². The minimum absolute atomic E-state index is 0.361. The summed E-state index contributed by atoms with van der Waals surface area (Å²) in [7, 11) is 0. The largest absolute Gasteiger partial charge is 0.378 e. The van der Waals surface area contributed by atoms with Crippen molar-refractivity contribution in [1.29, 1.82) is 0 Å². The van der Waals surface area contributed by atoms with Gasteiger partial charge in [-0.15, -0.1) is 5.10 Å². The summed E-state index contributed by atoms with van der Waals surface area (Å²) in [4.78, 5) is 4.28. The maximum Gasteiger partial charge on any atom is 0.102 e. The number of benzene rings is 1. The summed E-state index contributed by atoms with van der Waals surface area (Å²) in [6.45, 7) is 0.885. The molecule has 1 aliphatic rings. The quantitative estimate of drug-likeness (QED) is 0.704. The van der Waals surface area contributed by atoms with Crippen LogP contribution < -0.4 is 0 Å². The van der Waals surface area contributed by atoms with Crippen molar-refractivity contribution in [1.82, 2.24) is 15.2 Å². The molecule has 2 aromatic heterocycles. The lowest BCUT2D eigenvalue weighted by Crippen LogP contribution is -2.08. The monoisotopic (exact) mass is 339 g/mol. The standard InChI is InChI=1S/C19H18ClN3O/c20-14-5-3-13(4-6-14)19-17-12-21-10-9-16(17)18(22-23-19)8-7-15-2-1-11-24-15/h3-6,9-10,12,15H,1-2,7-8,11H2/t15-/m0/s1. The van der Waals surface area contributed by atoms with Crippen LogP contribution in [0.4, 0.5) is 0 Å². The molecule has 24 heavy (non-hydrogen) atoms. The van der Waals surface area contributed by atoms with Crippen molar-refractivity contribution in [2.24, 2.45) is 0 Å². The average Bonchev–Trinajstić information content (AvgIpc) is 3.14. The number of halogens is 1. The molecule has 0 amide bonds. The Morgan fingerprint density at radius 2 is 1.96 bits per heavy atom. The zero-order chi connectivity index (χ0) is 16.4. The zero-order valence-corrected chi connectivity index (χ0v) is 14.0. The number of pyridine rings is 1. The third-order valence-corrected chi connectivity index (χ3v) is 4.75. The Morgan fingerprint density at radius 1 is 1.08 bits per heavy atom. The molecule has 1 aliphatic heterocycles. The van der Waals surface area contributed by atoms with E-state index in [2.05, 4.69) is 15.2 Å². The third kappa shape index (κ3) is 3.12. The first-order valence-corrected chi connectivity index (χ1v) is 8.66. The summed E-state index contributed by atoms with van der Waals surface area (Å²) in [6, 6.07) is 9.68. The average molecular weight is 340 g/mol. The normalized spacial score (nSPS) is 17.5. The Morgan fingerprint density at radius 3 is 2.75 bits per heavy atom. The number of nitrogens with zero attached hydrogens (tertiary/aromatic N) is 3. The van der Waals surface area contributed by atoms with Crippen LogP contribution in [0.1, 0.15) is 25.0 Å². The minimum atomic E-state index is 0.361. The fourth-order valence-corrected chi connectivity index (χ4v) is 3.35. The van der Waals surface area contributed by atoms with Gasteiger partial charge in [-0.2, -0.15) is 5.10 Å². The molecule has 0 aliphatic carbocycles. The zero-order valence-electron chi connectivity index (χ0n) is 13.3. The van der Waals surface area contributed by atoms with E-state index in [1.165, 1.54) is 0 Å². The Balaban J connectivity index is 1.70. The molecule has 5 heteroatoms. The van der Waals surface area contributed by atoms with Gasteiger partial charge in [0.1, 0.15) is 5.69 Å². The van der Waals surface area contributed by atoms with E-state index in [0.29, 0.717) is 11.1 Å². The van der Waals surface area contributed by atoms with Gasteiger partial charge in [0, 0.05) is 40.4 Å². The van der Waals surface area contributed by atoms with E-state index in [4.69, 9.17) is 16.3 Å². The van der Waals surface area contributed by atoms with Gasteiger partial charge in [-0.25, -0.2) is 0 Å². The Kier molecular flexibility index (Phi) is 4.41. The molecule has 4 rings (SSSR count). The Labute approximate surface area is 145 Å². The molecule has 0 bridgehead atoms. The van der Waals surface area contributed by atoms with Crippen LogP contribution in [-0.2, 0) is 11.2 Å². The van der Waals surface area contributed by atoms with Gasteiger partial charge in [0.25, 0.3) is 0 Å². The molecule has 0 saturated carbocycles. The molecular weight excluding hydrogens is 322 g/mol. The molecule has 1 atom stereocenters. The van der Waals surface area contributed by atoms with Crippen LogP contribution in [0.25, 0.3) is 22.0 Å². The van der Waals surface area contributed by atoms with Gasteiger partial charge in [-0.1, -0.05) is 23.7 Å². The number of aryl methyl sites for hydroxylation is 1. The summed E-state index contributed by atoms with van der Waals surface area (Å²) >= 11 is 5.99. The smallest absolute Gasteiger partial charge is 0.102 e. The summed E-state index contributed by atoms with van der Waals surface area (Å²) in [5.41, 5.74) is 2.85. The van der Waals surface area contributed by atoms with E-state index in [9.17, 15) is 0 Å². The van der Waals surface area contributed by atoms with Crippen molar-refractivity contribution in [2.45, 2.75) is 31.8 Å². The molecular formula is C19H18ClN3O. The topological polar surface area (TPSA) is 47.9 Å². The minimum Gasteiger partial charge on any atom is -0.378 e. The van der Waals surface area contributed by atoms with Crippen molar-refractivity contribution in [3.8, 4) is 11.3 Å². The number of ether oxygens (including phenoxy) is 1. The fraction of sp³-hybridized carbons (Fsp3) is 0.316. The first kappa shape index (κ1) is 15.5. The fourth-order valence-electron chi connectivity index (χ4n) is 3.23. The van der Waals surface area contributed by atoms with Gasteiger partial charge in [0.2, 0.25) is 0 Å². The summed E-state index contributed by atoms with van der Waals surface area (Å²) in [5.74, 6) is 0. The van der Waals surface area contributed by atoms with Crippen LogP contribution in [0.5, 0.6) is 0 Å². The van der Waals surface area contributed by atoms with Crippen molar-refractivity contribution in [3.05, 3.63) is 53.4 Å². The predicted molar refractivity (Wildman–Crippen MR) is 95.1 cm³/mol. The molecule has 122 valence electrons. The molecule has 1 aromatic carbocycles. The van der Waals surface area contributed by atoms with E-state index in [1.54, 1.807) is 0 Å². The molecule has 0 unspecified atom stereocenters. The second kappa shape index (κ2) is 6.83. The molecule has 0 spiro atoms. The number of hydrogen-bond acceptors (Lipinski definition) is 4. The predicted octanol–water partition coefficient (Wildman–Crippen LogP) is 4.46. The maximum atomic E-state index is 5.99. The summed E-state index contributed by atoms with van der Waals surface area (Å²) < 4.78 is 5.72. The number of fused-ring (bicyclic) bond motifs is 1. The van der Waals surface area contributed by atoms with E-state index in [-0.39, 0.29) is 0 Å². The Bertz CT molecular complexity index is 845. The lowest BCUT2D eigenvalue weighted by molar-refractivity contribution is 0.104. The first-order chi connectivity index (χ1) is 11.8. The summed E-state index contributed by atoms with van der Waals surface area (Å²) in [5, 5.41) is 11.8. The Hall–Kier alpha value is -2.04. The lowest BCUT2D eigenvalue weighted by atomic mass is 10.0. The van der Waals surface area contributed by atoms with Crippen LogP contribution in [0.15, 0.2) is 42.7 Å². The SMILES string of the molecule is Clc1ccc(-c2nnc(CC[C@@H]3CCCO3)c3ccncc23)cc1. The van der Waals surface area contributed by atoms with Crippen LogP contribution in [0.2, 0.25) is 5.02 Å². The highest BCUT2D eigenvalue weighted by Crippen LogP contribution is 2.29. The molecule has 0 N–H and O–H groups in total. The van der Waals surface area contributed by atoms with Gasteiger partial charge in [0.15, 0.2) is 0 Å². The van der Waals surface area contributed by atoms with Crippen LogP contribution in [-0.4, -0.2) is 27.9 Å². The van der Waals surface area contributed by atoms with Crippen molar-refractivity contribution >= 4 is 22.4 Å². The van der Waals surface area contributed by atoms with Crippen molar-refractivity contribution in [3.63, 3.8) is 0 Å². The van der Waals surface area contributed by atoms with Crippen LogP contribution >= 0.6 is 11.6 Å². The second-order valence-corrected chi connectivity index (χ2v) is 6.53. The first-order valence-electron chi connectivity index (χ1n) is 8.28. The van der Waals surface area contributed by atoms with E-state index < -0.39 is 0 Å². The van der Waals surface area contributed by atoms with Gasteiger partial charge >= 0.3 is 0 Å². The highest BCUT2D eigenvalue weighted by atomic mass is 35.5. The van der Waals surface area contributed by atoms with E-state index in [0.717, 1.165) is 60.0 Å². The molecule has 0 radical (unpaired) electrons. The molecule has 3 heterocycles. The number of rotatable bonds is 4. The maximum absolute atomic E-state index is 5.99.